The van der Waals surface area contributed by atoms with Gasteiger partial charge in [0.05, 0.1) is 14.2 Å². The van der Waals surface area contributed by atoms with Crippen LogP contribution >= 0.6 is 0 Å². The van der Waals surface area contributed by atoms with Gasteiger partial charge in [-0.05, 0) is 44.3 Å². The van der Waals surface area contributed by atoms with E-state index < -0.39 is 0 Å². The van der Waals surface area contributed by atoms with Gasteiger partial charge in [-0.2, -0.15) is 0 Å². The molecule has 4 heteroatoms. The van der Waals surface area contributed by atoms with E-state index in [0.717, 1.165) is 37.7 Å². The van der Waals surface area contributed by atoms with E-state index in [0.29, 0.717) is 0 Å². The van der Waals surface area contributed by atoms with Crippen LogP contribution in [0.25, 0.3) is 0 Å². The molecule has 1 heterocycles. The van der Waals surface area contributed by atoms with Crippen molar-refractivity contribution in [1.82, 2.24) is 9.80 Å². The number of ether oxygens (including phenoxy) is 2. The maximum absolute atomic E-state index is 5.32. The second kappa shape index (κ2) is 6.78. The largest absolute Gasteiger partial charge is 0.497 e. The molecule has 1 aliphatic heterocycles. The molecule has 1 fully saturated rings. The first-order chi connectivity index (χ1) is 9.21. The molecular weight excluding hydrogens is 240 g/mol. The van der Waals surface area contributed by atoms with E-state index in [1.807, 2.05) is 6.07 Å². The minimum atomic E-state index is 0.862. The molecule has 0 aliphatic carbocycles. The number of benzene rings is 1. The molecule has 0 saturated carbocycles. The lowest BCUT2D eigenvalue weighted by Crippen LogP contribution is -2.28. The monoisotopic (exact) mass is 264 g/mol. The molecule has 106 valence electrons. The Labute approximate surface area is 115 Å². The Morgan fingerprint density at radius 2 is 1.63 bits per heavy atom. The highest BCUT2D eigenvalue weighted by Crippen LogP contribution is 2.23. The van der Waals surface area contributed by atoms with Gasteiger partial charge in [0.2, 0.25) is 0 Å². The quantitative estimate of drug-likeness (QED) is 0.828. The van der Waals surface area contributed by atoms with Gasteiger partial charge in [-0.25, -0.2) is 0 Å². The number of nitrogens with zero attached hydrogens (tertiary/aromatic N) is 2. The van der Waals surface area contributed by atoms with Gasteiger partial charge in [0.1, 0.15) is 11.5 Å². The van der Waals surface area contributed by atoms with E-state index >= 15 is 0 Å². The molecular formula is C15H24N2O2. The smallest absolute Gasteiger partial charge is 0.122 e. The van der Waals surface area contributed by atoms with Crippen molar-refractivity contribution in [2.45, 2.75) is 13.0 Å². The predicted octanol–water partition coefficient (Wildman–Crippen LogP) is 1.84. The summed E-state index contributed by atoms with van der Waals surface area (Å²) in [6.45, 7) is 5.57. The van der Waals surface area contributed by atoms with E-state index in [2.05, 4.69) is 29.0 Å². The number of hydrogen-bond acceptors (Lipinski definition) is 4. The van der Waals surface area contributed by atoms with Crippen molar-refractivity contribution in [2.24, 2.45) is 0 Å². The standard InChI is InChI=1S/C15H24N2O2/c1-16-5-4-6-17(8-7-16)12-13-9-14(18-2)11-15(10-13)19-3/h9-11H,4-8,12H2,1-3H3. The zero-order valence-corrected chi connectivity index (χ0v) is 12.2. The Bertz CT molecular complexity index is 387. The summed E-state index contributed by atoms with van der Waals surface area (Å²) < 4.78 is 10.6. The van der Waals surface area contributed by atoms with E-state index in [1.165, 1.54) is 18.5 Å². The third kappa shape index (κ3) is 4.11. The summed E-state index contributed by atoms with van der Waals surface area (Å²) in [5.41, 5.74) is 1.25. The topological polar surface area (TPSA) is 24.9 Å². The van der Waals surface area contributed by atoms with Gasteiger partial charge in [-0.3, -0.25) is 4.90 Å². The zero-order chi connectivity index (χ0) is 13.7. The van der Waals surface area contributed by atoms with Gasteiger partial charge in [0, 0.05) is 25.7 Å². The molecule has 0 spiro atoms. The Morgan fingerprint density at radius 1 is 0.947 bits per heavy atom. The van der Waals surface area contributed by atoms with E-state index in [9.17, 15) is 0 Å². The van der Waals surface area contributed by atoms with Crippen LogP contribution in [0.3, 0.4) is 0 Å². The van der Waals surface area contributed by atoms with Crippen LogP contribution in [0, 0.1) is 0 Å². The van der Waals surface area contributed by atoms with Crippen LogP contribution in [0.5, 0.6) is 11.5 Å². The van der Waals surface area contributed by atoms with Crippen LogP contribution < -0.4 is 9.47 Å². The summed E-state index contributed by atoms with van der Waals surface area (Å²) in [5.74, 6) is 1.72. The van der Waals surface area contributed by atoms with Gasteiger partial charge < -0.3 is 14.4 Å². The van der Waals surface area contributed by atoms with Crippen molar-refractivity contribution in [3.63, 3.8) is 0 Å². The fourth-order valence-electron chi connectivity index (χ4n) is 2.47. The van der Waals surface area contributed by atoms with Crippen LogP contribution in [0.4, 0.5) is 0 Å². The van der Waals surface area contributed by atoms with Crippen LogP contribution in [0.15, 0.2) is 18.2 Å². The Kier molecular flexibility index (Phi) is 5.05. The van der Waals surface area contributed by atoms with Crippen LogP contribution in [0.2, 0.25) is 0 Å². The van der Waals surface area contributed by atoms with Gasteiger partial charge in [-0.15, -0.1) is 0 Å². The molecule has 1 aromatic carbocycles. The lowest BCUT2D eigenvalue weighted by Gasteiger charge is -2.20. The normalized spacial score (nSPS) is 18.1. The number of methoxy groups -OCH3 is 2. The lowest BCUT2D eigenvalue weighted by atomic mass is 10.2. The van der Waals surface area contributed by atoms with Crippen LogP contribution in [0.1, 0.15) is 12.0 Å². The Morgan fingerprint density at radius 3 is 2.26 bits per heavy atom. The molecule has 0 amide bonds. The maximum atomic E-state index is 5.32. The minimum absolute atomic E-state index is 0.862. The molecule has 1 saturated heterocycles. The Hall–Kier alpha value is -1.26. The molecule has 0 radical (unpaired) electrons. The highest BCUT2D eigenvalue weighted by atomic mass is 16.5. The molecule has 0 bridgehead atoms. The fraction of sp³-hybridized carbons (Fsp3) is 0.600. The fourth-order valence-corrected chi connectivity index (χ4v) is 2.47. The highest BCUT2D eigenvalue weighted by molar-refractivity contribution is 5.38. The molecule has 0 atom stereocenters. The molecule has 0 unspecified atom stereocenters. The second-order valence-electron chi connectivity index (χ2n) is 5.15. The minimum Gasteiger partial charge on any atom is -0.497 e. The summed E-state index contributed by atoms with van der Waals surface area (Å²) >= 11 is 0. The Balaban J connectivity index is 2.05. The molecule has 0 N–H and O–H groups in total. The zero-order valence-electron chi connectivity index (χ0n) is 12.2. The van der Waals surface area contributed by atoms with Gasteiger partial charge in [-0.1, -0.05) is 0 Å². The van der Waals surface area contributed by atoms with E-state index in [-0.39, 0.29) is 0 Å². The predicted molar refractivity (Wildman–Crippen MR) is 76.9 cm³/mol. The van der Waals surface area contributed by atoms with E-state index in [4.69, 9.17) is 9.47 Å². The van der Waals surface area contributed by atoms with E-state index in [1.54, 1.807) is 14.2 Å². The molecule has 2 rings (SSSR count). The summed E-state index contributed by atoms with van der Waals surface area (Å²) in [6.07, 6.45) is 1.23. The highest BCUT2D eigenvalue weighted by Gasteiger charge is 2.13. The van der Waals surface area contributed by atoms with Crippen molar-refractivity contribution in [2.75, 3.05) is 47.4 Å². The first-order valence-electron chi connectivity index (χ1n) is 6.84. The summed E-state index contributed by atoms with van der Waals surface area (Å²) in [6, 6.07) is 6.11. The van der Waals surface area contributed by atoms with Gasteiger partial charge in [0.15, 0.2) is 0 Å². The van der Waals surface area contributed by atoms with Crippen molar-refractivity contribution >= 4 is 0 Å². The summed E-state index contributed by atoms with van der Waals surface area (Å²) in [5, 5.41) is 0. The first kappa shape index (κ1) is 14.2. The lowest BCUT2D eigenvalue weighted by molar-refractivity contribution is 0.268. The third-order valence-corrected chi connectivity index (χ3v) is 3.63. The number of likely N-dealkylation sites (N-methyl/N-ethyl adjacent to an activating group) is 1. The average molecular weight is 264 g/mol. The average Bonchev–Trinajstić information content (AvgIpc) is 2.63. The van der Waals surface area contributed by atoms with Crippen molar-refractivity contribution in [3.05, 3.63) is 23.8 Å². The molecule has 4 nitrogen and oxygen atoms in total. The summed E-state index contributed by atoms with van der Waals surface area (Å²) in [7, 11) is 5.58. The van der Waals surface area contributed by atoms with Crippen LogP contribution in [-0.2, 0) is 6.54 Å². The van der Waals surface area contributed by atoms with Crippen molar-refractivity contribution in [1.29, 1.82) is 0 Å². The first-order valence-corrected chi connectivity index (χ1v) is 6.84. The molecule has 1 aliphatic rings. The number of hydrogen-bond donors (Lipinski definition) is 0. The second-order valence-corrected chi connectivity index (χ2v) is 5.15. The van der Waals surface area contributed by atoms with Crippen LogP contribution in [-0.4, -0.2) is 57.2 Å². The number of rotatable bonds is 4. The van der Waals surface area contributed by atoms with Crippen molar-refractivity contribution < 1.29 is 9.47 Å². The molecule has 1 aromatic rings. The third-order valence-electron chi connectivity index (χ3n) is 3.63. The van der Waals surface area contributed by atoms with Gasteiger partial charge in [0.25, 0.3) is 0 Å². The molecule has 0 aromatic heterocycles. The van der Waals surface area contributed by atoms with Crippen molar-refractivity contribution in [3.8, 4) is 11.5 Å². The SMILES string of the molecule is COc1cc(CN2CCCN(C)CC2)cc(OC)c1. The maximum Gasteiger partial charge on any atom is 0.122 e. The van der Waals surface area contributed by atoms with Gasteiger partial charge >= 0.3 is 0 Å². The summed E-state index contributed by atoms with van der Waals surface area (Å²) in [4.78, 5) is 4.89. The molecule has 19 heavy (non-hydrogen) atoms.